The predicted octanol–water partition coefficient (Wildman–Crippen LogP) is 2.48. The highest BCUT2D eigenvalue weighted by Crippen LogP contribution is 2.25. The molecule has 35 heavy (non-hydrogen) atoms. The number of rotatable bonds is 6. The zero-order valence-electron chi connectivity index (χ0n) is 18.9. The van der Waals surface area contributed by atoms with E-state index in [-0.39, 0.29) is 11.6 Å². The molecule has 4 aromatic rings. The lowest BCUT2D eigenvalue weighted by molar-refractivity contribution is -0.384. The summed E-state index contributed by atoms with van der Waals surface area (Å²) in [7, 11) is 0. The number of non-ortho nitro benzene ring substituents is 1. The van der Waals surface area contributed by atoms with Crippen LogP contribution >= 0.6 is 0 Å². The van der Waals surface area contributed by atoms with E-state index in [0.29, 0.717) is 55.3 Å². The number of nitrogens with zero attached hydrogens (tertiary/aromatic N) is 8. The zero-order chi connectivity index (χ0) is 24.4. The number of nitro benzene ring substituents is 1. The predicted molar refractivity (Wildman–Crippen MR) is 127 cm³/mol. The van der Waals surface area contributed by atoms with Crippen molar-refractivity contribution in [3.05, 3.63) is 70.5 Å². The number of hydrogen-bond donors (Lipinski definition) is 0. The van der Waals surface area contributed by atoms with Crippen molar-refractivity contribution in [2.24, 2.45) is 0 Å². The molecule has 1 saturated heterocycles. The van der Waals surface area contributed by atoms with Crippen molar-refractivity contribution in [1.29, 1.82) is 0 Å². The lowest BCUT2D eigenvalue weighted by Crippen LogP contribution is -2.49. The lowest BCUT2D eigenvalue weighted by atomic mass is 10.1. The Kier molecular flexibility index (Phi) is 5.92. The summed E-state index contributed by atoms with van der Waals surface area (Å²) >= 11 is 0. The van der Waals surface area contributed by atoms with Gasteiger partial charge >= 0.3 is 0 Å². The first-order valence-corrected chi connectivity index (χ1v) is 11.1. The van der Waals surface area contributed by atoms with Crippen LogP contribution in [0.2, 0.25) is 0 Å². The Labute approximate surface area is 199 Å². The van der Waals surface area contributed by atoms with Crippen LogP contribution in [0.1, 0.15) is 17.3 Å². The van der Waals surface area contributed by atoms with Gasteiger partial charge in [-0.05, 0) is 43.3 Å². The molecule has 12 nitrogen and oxygen atoms in total. The van der Waals surface area contributed by atoms with E-state index in [1.54, 1.807) is 9.58 Å². The summed E-state index contributed by atoms with van der Waals surface area (Å²) in [5, 5.41) is 19.5. The Bertz CT molecular complexity index is 1360. The lowest BCUT2D eigenvalue weighted by Gasteiger charge is -2.35. The summed E-state index contributed by atoms with van der Waals surface area (Å²) < 4.78 is 7.16. The molecule has 0 unspecified atom stereocenters. The van der Waals surface area contributed by atoms with Crippen LogP contribution in [0.15, 0.2) is 54.9 Å². The molecule has 178 valence electrons. The molecule has 0 aliphatic carbocycles. The van der Waals surface area contributed by atoms with Crippen LogP contribution in [0.4, 0.5) is 11.5 Å². The first-order valence-electron chi connectivity index (χ1n) is 11.1. The van der Waals surface area contributed by atoms with E-state index in [1.165, 1.54) is 30.6 Å². The minimum absolute atomic E-state index is 0.0440. The summed E-state index contributed by atoms with van der Waals surface area (Å²) in [6.07, 6.45) is 1.49. The van der Waals surface area contributed by atoms with Crippen LogP contribution in [-0.4, -0.2) is 73.5 Å². The number of carbonyl (C=O) groups is 1. The van der Waals surface area contributed by atoms with Crippen LogP contribution in [0.3, 0.4) is 0 Å². The SMILES string of the molecule is CCOc1ccc(-n2nnc3c(N4CCN(C(=O)c5ccc([N+](=O)[O-])cc5)CC4)ncnc32)cc1. The van der Waals surface area contributed by atoms with Crippen molar-refractivity contribution in [1.82, 2.24) is 29.9 Å². The van der Waals surface area contributed by atoms with E-state index in [0.717, 1.165) is 11.4 Å². The number of benzene rings is 2. The van der Waals surface area contributed by atoms with Gasteiger partial charge in [-0.1, -0.05) is 5.21 Å². The number of piperazine rings is 1. The van der Waals surface area contributed by atoms with Gasteiger partial charge in [-0.3, -0.25) is 14.9 Å². The van der Waals surface area contributed by atoms with Gasteiger partial charge in [-0.25, -0.2) is 9.97 Å². The number of ether oxygens (including phenoxy) is 1. The topological polar surface area (TPSA) is 132 Å². The van der Waals surface area contributed by atoms with E-state index >= 15 is 0 Å². The third kappa shape index (κ3) is 4.33. The third-order valence-electron chi connectivity index (χ3n) is 5.80. The molecule has 0 bridgehead atoms. The van der Waals surface area contributed by atoms with Gasteiger partial charge in [-0.2, -0.15) is 4.68 Å². The second-order valence-corrected chi connectivity index (χ2v) is 7.88. The normalized spacial score (nSPS) is 13.7. The minimum Gasteiger partial charge on any atom is -0.494 e. The van der Waals surface area contributed by atoms with E-state index in [1.807, 2.05) is 31.2 Å². The quantitative estimate of drug-likeness (QED) is 0.305. The molecule has 1 aliphatic heterocycles. The van der Waals surface area contributed by atoms with E-state index in [4.69, 9.17) is 4.74 Å². The Balaban J connectivity index is 1.31. The first kappa shape index (κ1) is 22.2. The molecule has 3 heterocycles. The molecule has 0 spiro atoms. The van der Waals surface area contributed by atoms with Crippen LogP contribution in [-0.2, 0) is 0 Å². The molecule has 2 aromatic carbocycles. The number of aromatic nitrogens is 5. The number of nitro groups is 1. The molecule has 0 N–H and O–H groups in total. The van der Waals surface area contributed by atoms with E-state index in [9.17, 15) is 14.9 Å². The van der Waals surface area contributed by atoms with Crippen molar-refractivity contribution in [2.75, 3.05) is 37.7 Å². The standard InChI is InChI=1S/C23H22N8O4/c1-2-35-19-9-7-17(8-10-19)30-22-20(26-27-30)21(24-15-25-22)28-11-13-29(14-12-28)23(32)16-3-5-18(6-4-16)31(33)34/h3-10,15H,2,11-14H2,1H3. The Morgan fingerprint density at radius 2 is 1.74 bits per heavy atom. The van der Waals surface area contributed by atoms with Gasteiger partial charge in [0.25, 0.3) is 11.6 Å². The Morgan fingerprint density at radius 1 is 1.03 bits per heavy atom. The molecule has 1 fully saturated rings. The average Bonchev–Trinajstić information content (AvgIpc) is 3.33. The summed E-state index contributed by atoms with van der Waals surface area (Å²) in [6, 6.07) is 13.2. The van der Waals surface area contributed by atoms with Gasteiger partial charge in [0.1, 0.15) is 12.1 Å². The molecule has 12 heteroatoms. The van der Waals surface area contributed by atoms with Gasteiger partial charge in [0.05, 0.1) is 17.2 Å². The molecular weight excluding hydrogens is 452 g/mol. The molecule has 0 saturated carbocycles. The van der Waals surface area contributed by atoms with Crippen LogP contribution in [0.5, 0.6) is 5.75 Å². The fraction of sp³-hybridized carbons (Fsp3) is 0.261. The van der Waals surface area contributed by atoms with Gasteiger partial charge in [0, 0.05) is 43.9 Å². The number of amides is 1. The van der Waals surface area contributed by atoms with Crippen molar-refractivity contribution < 1.29 is 14.5 Å². The van der Waals surface area contributed by atoms with Crippen molar-refractivity contribution in [2.45, 2.75) is 6.92 Å². The summed E-state index contributed by atoms with van der Waals surface area (Å²) in [6.45, 7) is 4.60. The smallest absolute Gasteiger partial charge is 0.269 e. The number of carbonyl (C=O) groups excluding carboxylic acids is 1. The van der Waals surface area contributed by atoms with E-state index < -0.39 is 4.92 Å². The zero-order valence-corrected chi connectivity index (χ0v) is 18.9. The fourth-order valence-electron chi connectivity index (χ4n) is 4.02. The maximum absolute atomic E-state index is 12.8. The van der Waals surface area contributed by atoms with Crippen molar-refractivity contribution in [3.8, 4) is 11.4 Å². The fourth-order valence-corrected chi connectivity index (χ4v) is 4.02. The maximum Gasteiger partial charge on any atom is 0.269 e. The highest BCUT2D eigenvalue weighted by molar-refractivity contribution is 5.94. The van der Waals surface area contributed by atoms with E-state index in [2.05, 4.69) is 25.2 Å². The number of hydrogen-bond acceptors (Lipinski definition) is 9. The third-order valence-corrected chi connectivity index (χ3v) is 5.80. The van der Waals surface area contributed by atoms with Crippen LogP contribution < -0.4 is 9.64 Å². The highest BCUT2D eigenvalue weighted by atomic mass is 16.6. The van der Waals surface area contributed by atoms with Crippen LogP contribution in [0, 0.1) is 10.1 Å². The molecule has 0 atom stereocenters. The van der Waals surface area contributed by atoms with Gasteiger partial charge in [-0.15, -0.1) is 5.10 Å². The summed E-state index contributed by atoms with van der Waals surface area (Å²) in [5.41, 5.74) is 2.35. The van der Waals surface area contributed by atoms with Crippen molar-refractivity contribution >= 4 is 28.6 Å². The maximum atomic E-state index is 12.8. The number of anilines is 1. The average molecular weight is 474 g/mol. The largest absolute Gasteiger partial charge is 0.494 e. The van der Waals surface area contributed by atoms with Crippen LogP contribution in [0.25, 0.3) is 16.9 Å². The first-order chi connectivity index (χ1) is 17.0. The summed E-state index contributed by atoms with van der Waals surface area (Å²) in [4.78, 5) is 35.8. The summed E-state index contributed by atoms with van der Waals surface area (Å²) in [5.74, 6) is 1.28. The monoisotopic (exact) mass is 474 g/mol. The molecule has 5 rings (SSSR count). The molecule has 1 aliphatic rings. The molecular formula is C23H22N8O4. The second kappa shape index (κ2) is 9.33. The molecule has 0 radical (unpaired) electrons. The minimum atomic E-state index is -0.485. The molecule has 2 aromatic heterocycles. The van der Waals surface area contributed by atoms with Gasteiger partial charge in [0.15, 0.2) is 17.0 Å². The van der Waals surface area contributed by atoms with Crippen molar-refractivity contribution in [3.63, 3.8) is 0 Å². The molecule has 1 amide bonds. The second-order valence-electron chi connectivity index (χ2n) is 7.88. The number of fused-ring (bicyclic) bond motifs is 1. The highest BCUT2D eigenvalue weighted by Gasteiger charge is 2.26. The van der Waals surface area contributed by atoms with Gasteiger partial charge in [0.2, 0.25) is 0 Å². The Morgan fingerprint density at radius 3 is 2.40 bits per heavy atom. The van der Waals surface area contributed by atoms with Gasteiger partial charge < -0.3 is 14.5 Å². The Hall–Kier alpha value is -4.61.